The fourth-order valence-corrected chi connectivity index (χ4v) is 3.70. The Morgan fingerprint density at radius 3 is 2.40 bits per heavy atom. The predicted octanol–water partition coefficient (Wildman–Crippen LogP) is 4.08. The second-order valence-corrected chi connectivity index (χ2v) is 7.46. The summed E-state index contributed by atoms with van der Waals surface area (Å²) in [7, 11) is 3.14. The number of methoxy groups -OCH3 is 2. The van der Waals surface area contributed by atoms with Gasteiger partial charge in [0.2, 0.25) is 11.7 Å². The molecule has 2 heterocycles. The van der Waals surface area contributed by atoms with Crippen LogP contribution in [0.2, 0.25) is 0 Å². The molecule has 2 aromatic carbocycles. The Labute approximate surface area is 175 Å². The zero-order valence-electron chi connectivity index (χ0n) is 17.4. The highest BCUT2D eigenvalue weighted by molar-refractivity contribution is 5.95. The maximum absolute atomic E-state index is 12.9. The van der Waals surface area contributed by atoms with Gasteiger partial charge in [-0.15, -0.1) is 0 Å². The molecule has 0 aliphatic carbocycles. The number of rotatable bonds is 5. The molecule has 30 heavy (non-hydrogen) atoms. The molecule has 0 bridgehead atoms. The van der Waals surface area contributed by atoms with Crippen LogP contribution in [0.15, 0.2) is 47.0 Å². The number of carbonyl (C=O) groups excluding carboxylic acids is 1. The predicted molar refractivity (Wildman–Crippen MR) is 112 cm³/mol. The fraction of sp³-hybridized carbons (Fsp3) is 0.348. The molecular formula is C23H25N3O4. The molecule has 0 spiro atoms. The molecule has 7 nitrogen and oxygen atoms in total. The average molecular weight is 407 g/mol. The molecule has 0 radical (unpaired) electrons. The van der Waals surface area contributed by atoms with Crippen LogP contribution < -0.4 is 9.47 Å². The van der Waals surface area contributed by atoms with Crippen molar-refractivity contribution in [3.8, 4) is 22.9 Å². The summed E-state index contributed by atoms with van der Waals surface area (Å²) in [5, 5.41) is 4.14. The highest BCUT2D eigenvalue weighted by Gasteiger charge is 2.28. The van der Waals surface area contributed by atoms with Crippen molar-refractivity contribution < 1.29 is 18.8 Å². The van der Waals surface area contributed by atoms with Gasteiger partial charge in [0.15, 0.2) is 11.5 Å². The zero-order chi connectivity index (χ0) is 21.1. The first-order chi connectivity index (χ1) is 14.6. The van der Waals surface area contributed by atoms with Crippen molar-refractivity contribution in [3.63, 3.8) is 0 Å². The minimum atomic E-state index is -0.0136. The van der Waals surface area contributed by atoms with Gasteiger partial charge in [-0.25, -0.2) is 0 Å². The molecule has 156 valence electrons. The van der Waals surface area contributed by atoms with Crippen LogP contribution in [-0.4, -0.2) is 48.3 Å². The quantitative estimate of drug-likeness (QED) is 0.634. The van der Waals surface area contributed by atoms with E-state index >= 15 is 0 Å². The van der Waals surface area contributed by atoms with E-state index in [-0.39, 0.29) is 11.8 Å². The summed E-state index contributed by atoms with van der Waals surface area (Å²) < 4.78 is 16.1. The van der Waals surface area contributed by atoms with E-state index in [9.17, 15) is 4.79 Å². The Morgan fingerprint density at radius 1 is 1.03 bits per heavy atom. The van der Waals surface area contributed by atoms with E-state index in [4.69, 9.17) is 14.0 Å². The smallest absolute Gasteiger partial charge is 0.253 e. The van der Waals surface area contributed by atoms with Crippen LogP contribution in [0.1, 0.15) is 40.6 Å². The van der Waals surface area contributed by atoms with Gasteiger partial charge in [-0.2, -0.15) is 4.98 Å². The lowest BCUT2D eigenvalue weighted by molar-refractivity contribution is 0.0704. The van der Waals surface area contributed by atoms with Gasteiger partial charge in [0.25, 0.3) is 5.91 Å². The van der Waals surface area contributed by atoms with E-state index in [1.807, 2.05) is 36.1 Å². The third-order valence-corrected chi connectivity index (χ3v) is 5.51. The van der Waals surface area contributed by atoms with Crippen LogP contribution in [0.25, 0.3) is 11.4 Å². The number of carbonyl (C=O) groups is 1. The van der Waals surface area contributed by atoms with Gasteiger partial charge in [-0.3, -0.25) is 4.79 Å². The summed E-state index contributed by atoms with van der Waals surface area (Å²) in [6, 6.07) is 13.3. The second-order valence-electron chi connectivity index (χ2n) is 7.46. The van der Waals surface area contributed by atoms with Crippen LogP contribution in [0.5, 0.6) is 11.5 Å². The van der Waals surface area contributed by atoms with E-state index in [1.54, 1.807) is 32.4 Å². The normalized spacial score (nSPS) is 14.6. The maximum atomic E-state index is 12.9. The lowest BCUT2D eigenvalue weighted by atomic mass is 9.96. The monoisotopic (exact) mass is 407 g/mol. The third kappa shape index (κ3) is 4.01. The third-order valence-electron chi connectivity index (χ3n) is 5.51. The standard InChI is InChI=1S/C23H25N3O4/c1-15-4-6-16(7-5-15)21-24-22(30-25-21)17-10-12-26(13-11-17)23(27)18-8-9-19(28-2)20(14-18)29-3/h4-9,14,17H,10-13H2,1-3H3. The highest BCUT2D eigenvalue weighted by Crippen LogP contribution is 2.31. The first-order valence-electron chi connectivity index (χ1n) is 10.0. The molecular weight excluding hydrogens is 382 g/mol. The minimum Gasteiger partial charge on any atom is -0.493 e. The van der Waals surface area contributed by atoms with E-state index in [2.05, 4.69) is 10.1 Å². The Hall–Kier alpha value is -3.35. The summed E-state index contributed by atoms with van der Waals surface area (Å²) in [4.78, 5) is 19.4. The molecule has 1 fully saturated rings. The van der Waals surface area contributed by atoms with Crippen LogP contribution in [0, 0.1) is 6.92 Å². The van der Waals surface area contributed by atoms with Crippen molar-refractivity contribution in [1.82, 2.24) is 15.0 Å². The lowest BCUT2D eigenvalue weighted by Gasteiger charge is -2.30. The number of hydrogen-bond donors (Lipinski definition) is 0. The van der Waals surface area contributed by atoms with Gasteiger partial charge in [0.05, 0.1) is 14.2 Å². The minimum absolute atomic E-state index is 0.0136. The molecule has 0 atom stereocenters. The first kappa shape index (κ1) is 19.9. The largest absolute Gasteiger partial charge is 0.493 e. The average Bonchev–Trinajstić information content (AvgIpc) is 3.29. The van der Waals surface area contributed by atoms with Gasteiger partial charge in [0.1, 0.15) is 0 Å². The molecule has 0 unspecified atom stereocenters. The van der Waals surface area contributed by atoms with E-state index in [1.165, 1.54) is 5.56 Å². The number of piperidine rings is 1. The number of likely N-dealkylation sites (tertiary alicyclic amines) is 1. The van der Waals surface area contributed by atoms with Crippen molar-refractivity contribution in [2.24, 2.45) is 0 Å². The summed E-state index contributed by atoms with van der Waals surface area (Å²) in [5.41, 5.74) is 2.72. The van der Waals surface area contributed by atoms with Crippen molar-refractivity contribution in [2.45, 2.75) is 25.7 Å². The molecule has 0 saturated carbocycles. The van der Waals surface area contributed by atoms with Gasteiger partial charge >= 0.3 is 0 Å². The van der Waals surface area contributed by atoms with Crippen molar-refractivity contribution in [1.29, 1.82) is 0 Å². The van der Waals surface area contributed by atoms with Crippen molar-refractivity contribution >= 4 is 5.91 Å². The summed E-state index contributed by atoms with van der Waals surface area (Å²) in [6.45, 7) is 3.32. The first-order valence-corrected chi connectivity index (χ1v) is 10.0. The Kier molecular flexibility index (Phi) is 5.70. The van der Waals surface area contributed by atoms with Crippen LogP contribution in [-0.2, 0) is 0 Å². The molecule has 7 heteroatoms. The number of benzene rings is 2. The molecule has 1 amide bonds. The van der Waals surface area contributed by atoms with E-state index in [0.29, 0.717) is 41.9 Å². The van der Waals surface area contributed by atoms with Gasteiger partial charge < -0.3 is 18.9 Å². The SMILES string of the molecule is COc1ccc(C(=O)N2CCC(c3nc(-c4ccc(C)cc4)no3)CC2)cc1OC. The molecule has 4 rings (SSSR count). The molecule has 3 aromatic rings. The number of ether oxygens (including phenoxy) is 2. The number of aryl methyl sites for hydroxylation is 1. The van der Waals surface area contributed by atoms with Crippen LogP contribution in [0.4, 0.5) is 0 Å². The number of amides is 1. The Bertz CT molecular complexity index is 1020. The van der Waals surface area contributed by atoms with E-state index in [0.717, 1.165) is 18.4 Å². The highest BCUT2D eigenvalue weighted by atomic mass is 16.5. The maximum Gasteiger partial charge on any atom is 0.253 e. The lowest BCUT2D eigenvalue weighted by Crippen LogP contribution is -2.38. The number of hydrogen-bond acceptors (Lipinski definition) is 6. The zero-order valence-corrected chi connectivity index (χ0v) is 17.4. The Morgan fingerprint density at radius 2 is 1.73 bits per heavy atom. The molecule has 1 saturated heterocycles. The number of nitrogens with zero attached hydrogens (tertiary/aromatic N) is 3. The number of aromatic nitrogens is 2. The van der Waals surface area contributed by atoms with Crippen molar-refractivity contribution in [2.75, 3.05) is 27.3 Å². The van der Waals surface area contributed by atoms with Gasteiger partial charge in [-0.1, -0.05) is 35.0 Å². The van der Waals surface area contributed by atoms with Crippen LogP contribution >= 0.6 is 0 Å². The molecule has 0 N–H and O–H groups in total. The summed E-state index contributed by atoms with van der Waals surface area (Å²) >= 11 is 0. The Balaban J connectivity index is 1.40. The summed E-state index contributed by atoms with van der Waals surface area (Å²) in [5.74, 6) is 2.55. The summed E-state index contributed by atoms with van der Waals surface area (Å²) in [6.07, 6.45) is 1.57. The molecule has 1 aromatic heterocycles. The van der Waals surface area contributed by atoms with Crippen molar-refractivity contribution in [3.05, 3.63) is 59.5 Å². The van der Waals surface area contributed by atoms with E-state index < -0.39 is 0 Å². The second kappa shape index (κ2) is 8.57. The fourth-order valence-electron chi connectivity index (χ4n) is 3.70. The van der Waals surface area contributed by atoms with Gasteiger partial charge in [-0.05, 0) is 38.0 Å². The topological polar surface area (TPSA) is 77.7 Å². The molecule has 1 aliphatic rings. The molecule has 1 aliphatic heterocycles. The van der Waals surface area contributed by atoms with Gasteiger partial charge in [0, 0.05) is 30.1 Å². The van der Waals surface area contributed by atoms with Crippen LogP contribution in [0.3, 0.4) is 0 Å².